The van der Waals surface area contributed by atoms with Gasteiger partial charge in [-0.15, -0.1) is 0 Å². The largest absolute Gasteiger partial charge is 0.497 e. The van der Waals surface area contributed by atoms with Gasteiger partial charge >= 0.3 is 0 Å². The number of rotatable bonds is 7. The zero-order valence-electron chi connectivity index (χ0n) is 22.6. The maximum atomic E-state index is 13.9. The lowest BCUT2D eigenvalue weighted by molar-refractivity contribution is -0.116. The van der Waals surface area contributed by atoms with Crippen molar-refractivity contribution in [2.45, 2.75) is 31.4 Å². The number of carbonyl (C=O) groups is 1. The Hall–Kier alpha value is -4.71. The summed E-state index contributed by atoms with van der Waals surface area (Å²) >= 11 is 0. The normalized spacial score (nSPS) is 18.0. The first-order chi connectivity index (χ1) is 19.6. The Balaban J connectivity index is 1.35. The minimum absolute atomic E-state index is 0.0823. The average molecular weight is 533 g/mol. The number of carbonyl (C=O) groups excluding carboxylic acids is 1. The van der Waals surface area contributed by atoms with Gasteiger partial charge in [0.05, 0.1) is 31.6 Å². The fraction of sp³-hybridized carbons (Fsp3) is 0.206. The molecule has 202 valence electrons. The number of ketones is 1. The van der Waals surface area contributed by atoms with E-state index in [0.717, 1.165) is 51.5 Å². The number of Topliss-reactive ketones (excluding diaryl/α,β-unsaturated/α-hetero) is 1. The van der Waals surface area contributed by atoms with Crippen LogP contribution in [-0.2, 0) is 11.4 Å². The smallest absolute Gasteiger partial charge is 0.163 e. The molecule has 2 atom stereocenters. The number of hydrogen-bond acceptors (Lipinski definition) is 6. The molecule has 6 rings (SSSR count). The summed E-state index contributed by atoms with van der Waals surface area (Å²) in [5.74, 6) is 2.30. The number of methoxy groups -OCH3 is 2. The van der Waals surface area contributed by atoms with Crippen LogP contribution < -0.4 is 24.8 Å². The third-order valence-electron chi connectivity index (χ3n) is 7.65. The Labute approximate surface area is 234 Å². The van der Waals surface area contributed by atoms with Crippen LogP contribution in [0.15, 0.2) is 108 Å². The van der Waals surface area contributed by atoms with E-state index in [1.165, 1.54) is 0 Å². The van der Waals surface area contributed by atoms with Gasteiger partial charge in [0.15, 0.2) is 17.3 Å². The number of allylic oxidation sites excluding steroid dienone is 1. The van der Waals surface area contributed by atoms with E-state index in [4.69, 9.17) is 14.2 Å². The molecule has 2 N–H and O–H groups in total. The van der Waals surface area contributed by atoms with E-state index in [-0.39, 0.29) is 17.7 Å². The molecule has 0 radical (unpaired) electrons. The van der Waals surface area contributed by atoms with Crippen molar-refractivity contribution >= 4 is 17.2 Å². The van der Waals surface area contributed by atoms with Crippen LogP contribution in [0.1, 0.15) is 41.5 Å². The minimum atomic E-state index is -0.340. The number of hydrogen-bond donors (Lipinski definition) is 2. The zero-order chi connectivity index (χ0) is 27.5. The highest BCUT2D eigenvalue weighted by atomic mass is 16.5. The van der Waals surface area contributed by atoms with Gasteiger partial charge in [0.25, 0.3) is 0 Å². The van der Waals surface area contributed by atoms with Crippen molar-refractivity contribution in [1.82, 2.24) is 0 Å². The molecule has 1 aliphatic carbocycles. The van der Waals surface area contributed by atoms with Gasteiger partial charge < -0.3 is 24.8 Å². The van der Waals surface area contributed by atoms with E-state index in [0.29, 0.717) is 24.5 Å². The predicted molar refractivity (Wildman–Crippen MR) is 157 cm³/mol. The molecular weight excluding hydrogens is 500 g/mol. The van der Waals surface area contributed by atoms with Gasteiger partial charge in [-0.1, -0.05) is 60.7 Å². The molecule has 0 amide bonds. The van der Waals surface area contributed by atoms with Gasteiger partial charge in [0.1, 0.15) is 12.4 Å². The Morgan fingerprint density at radius 3 is 2.23 bits per heavy atom. The van der Waals surface area contributed by atoms with Crippen LogP contribution in [0.25, 0.3) is 0 Å². The highest BCUT2D eigenvalue weighted by Crippen LogP contribution is 2.45. The molecule has 0 saturated heterocycles. The van der Waals surface area contributed by atoms with E-state index in [1.54, 1.807) is 14.2 Å². The van der Waals surface area contributed by atoms with Crippen LogP contribution in [0.5, 0.6) is 17.2 Å². The number of nitrogens with one attached hydrogen (secondary N) is 2. The van der Waals surface area contributed by atoms with Crippen LogP contribution in [-0.4, -0.2) is 20.0 Å². The molecule has 40 heavy (non-hydrogen) atoms. The van der Waals surface area contributed by atoms with Gasteiger partial charge in [-0.25, -0.2) is 0 Å². The fourth-order valence-electron chi connectivity index (χ4n) is 5.57. The maximum Gasteiger partial charge on any atom is 0.163 e. The summed E-state index contributed by atoms with van der Waals surface area (Å²) in [4.78, 5) is 13.9. The van der Waals surface area contributed by atoms with Crippen LogP contribution in [0.4, 0.5) is 11.4 Å². The molecule has 0 fully saturated rings. The molecule has 2 aliphatic rings. The van der Waals surface area contributed by atoms with Gasteiger partial charge in [-0.2, -0.15) is 0 Å². The Morgan fingerprint density at radius 1 is 0.750 bits per heavy atom. The molecule has 0 aromatic heterocycles. The summed E-state index contributed by atoms with van der Waals surface area (Å²) in [5.41, 5.74) is 6.76. The quantitative estimate of drug-likeness (QED) is 0.261. The minimum Gasteiger partial charge on any atom is -0.497 e. The molecule has 0 bridgehead atoms. The molecule has 0 unspecified atom stereocenters. The Bertz CT molecular complexity index is 1550. The third-order valence-corrected chi connectivity index (χ3v) is 7.65. The van der Waals surface area contributed by atoms with E-state index in [9.17, 15) is 4.79 Å². The summed E-state index contributed by atoms with van der Waals surface area (Å²) in [7, 11) is 3.30. The first-order valence-electron chi connectivity index (χ1n) is 13.5. The van der Waals surface area contributed by atoms with Crippen molar-refractivity contribution < 1.29 is 19.0 Å². The molecule has 6 heteroatoms. The Morgan fingerprint density at radius 2 is 1.48 bits per heavy atom. The van der Waals surface area contributed by atoms with Crippen molar-refractivity contribution in [3.8, 4) is 17.2 Å². The van der Waals surface area contributed by atoms with Crippen LogP contribution >= 0.6 is 0 Å². The van der Waals surface area contributed by atoms with Crippen LogP contribution in [0.3, 0.4) is 0 Å². The number of ether oxygens (including phenoxy) is 3. The van der Waals surface area contributed by atoms with E-state index in [1.807, 2.05) is 84.9 Å². The van der Waals surface area contributed by atoms with E-state index < -0.39 is 0 Å². The summed E-state index contributed by atoms with van der Waals surface area (Å²) in [6.45, 7) is 0.441. The first-order valence-corrected chi connectivity index (χ1v) is 13.5. The number of benzene rings is 4. The van der Waals surface area contributed by atoms with Crippen molar-refractivity contribution in [2.75, 3.05) is 24.9 Å². The number of anilines is 2. The fourth-order valence-corrected chi connectivity index (χ4v) is 5.57. The number of para-hydroxylation sites is 2. The average Bonchev–Trinajstić information content (AvgIpc) is 3.17. The molecule has 0 spiro atoms. The summed E-state index contributed by atoms with van der Waals surface area (Å²) < 4.78 is 17.2. The topological polar surface area (TPSA) is 68.8 Å². The molecule has 4 aromatic rings. The Kier molecular flexibility index (Phi) is 7.15. The van der Waals surface area contributed by atoms with Gasteiger partial charge in [-0.3, -0.25) is 4.79 Å². The second kappa shape index (κ2) is 11.2. The van der Waals surface area contributed by atoms with Crippen LogP contribution in [0, 0.1) is 0 Å². The summed E-state index contributed by atoms with van der Waals surface area (Å²) in [6.07, 6.45) is 1.17. The van der Waals surface area contributed by atoms with Crippen LogP contribution in [0.2, 0.25) is 0 Å². The maximum absolute atomic E-state index is 13.9. The molecule has 1 aliphatic heterocycles. The van der Waals surface area contributed by atoms with Gasteiger partial charge in [0, 0.05) is 17.7 Å². The second-order valence-electron chi connectivity index (χ2n) is 10.1. The highest BCUT2D eigenvalue weighted by molar-refractivity contribution is 6.01. The van der Waals surface area contributed by atoms with Crippen molar-refractivity contribution in [3.05, 3.63) is 125 Å². The lowest BCUT2D eigenvalue weighted by Crippen LogP contribution is -2.26. The third kappa shape index (κ3) is 5.13. The monoisotopic (exact) mass is 532 g/mol. The van der Waals surface area contributed by atoms with E-state index in [2.05, 4.69) is 22.8 Å². The molecular formula is C34H32N2O4. The van der Waals surface area contributed by atoms with Crippen molar-refractivity contribution in [1.29, 1.82) is 0 Å². The van der Waals surface area contributed by atoms with Gasteiger partial charge in [0.2, 0.25) is 0 Å². The van der Waals surface area contributed by atoms with Crippen molar-refractivity contribution in [2.24, 2.45) is 0 Å². The summed E-state index contributed by atoms with van der Waals surface area (Å²) in [5, 5.41) is 7.26. The van der Waals surface area contributed by atoms with Crippen molar-refractivity contribution in [3.63, 3.8) is 0 Å². The first kappa shape index (κ1) is 25.6. The molecule has 0 saturated carbocycles. The zero-order valence-corrected chi connectivity index (χ0v) is 22.6. The standard InChI is InChI=1S/C34H32N2O4/c1-38-26-15-12-23(13-16-26)25-18-29-33(30(37)19-25)34(36-28-11-7-6-10-27(28)35-29)24-14-17-31(32(20-24)39-2)40-21-22-8-4-3-5-9-22/h3-17,20,25,34-36H,18-19,21H2,1-2H3/t25-,34+/m0/s1. The SMILES string of the molecule is COc1ccc([C@@H]2CC(=O)C3=C(C2)Nc2ccccc2N[C@@H]3c2ccc(OCc3ccccc3)c(OC)c2)cc1. The van der Waals surface area contributed by atoms with E-state index >= 15 is 0 Å². The second-order valence-corrected chi connectivity index (χ2v) is 10.1. The predicted octanol–water partition coefficient (Wildman–Crippen LogP) is 7.26. The van der Waals surface area contributed by atoms with Gasteiger partial charge in [-0.05, 0) is 65.4 Å². The molecule has 4 aromatic carbocycles. The summed E-state index contributed by atoms with van der Waals surface area (Å²) in [6, 6.07) is 31.7. The molecule has 1 heterocycles. The number of fused-ring (bicyclic) bond motifs is 1. The lowest BCUT2D eigenvalue weighted by Gasteiger charge is -2.30. The highest BCUT2D eigenvalue weighted by Gasteiger charge is 2.36. The lowest BCUT2D eigenvalue weighted by atomic mass is 9.78. The molecule has 6 nitrogen and oxygen atoms in total.